The van der Waals surface area contributed by atoms with Gasteiger partial charge in [0, 0.05) is 6.54 Å². The number of thiophene rings is 1. The van der Waals surface area contributed by atoms with Crippen molar-refractivity contribution in [1.82, 2.24) is 14.8 Å². The highest BCUT2D eigenvalue weighted by molar-refractivity contribution is 7.71. The van der Waals surface area contributed by atoms with Crippen molar-refractivity contribution >= 4 is 23.6 Å². The standard InChI is InChI=1S/C12H15N3S2/c1-2-12(5-6-12)8-15-10(13-14-11(15)16)9-4-3-7-17-9/h3-4,7H,2,5-6,8H2,1H3,(H,14,16). The highest BCUT2D eigenvalue weighted by atomic mass is 32.1. The van der Waals surface area contributed by atoms with Crippen LogP contribution >= 0.6 is 23.6 Å². The van der Waals surface area contributed by atoms with Crippen LogP contribution in [0.2, 0.25) is 0 Å². The summed E-state index contributed by atoms with van der Waals surface area (Å²) < 4.78 is 2.91. The fourth-order valence-corrected chi connectivity index (χ4v) is 3.11. The van der Waals surface area contributed by atoms with Gasteiger partial charge in [-0.3, -0.25) is 9.67 Å². The summed E-state index contributed by atoms with van der Waals surface area (Å²) in [6, 6.07) is 4.15. The third-order valence-electron chi connectivity index (χ3n) is 3.70. The van der Waals surface area contributed by atoms with Gasteiger partial charge in [-0.15, -0.1) is 11.3 Å². The van der Waals surface area contributed by atoms with Crippen LogP contribution in [0.25, 0.3) is 10.7 Å². The summed E-state index contributed by atoms with van der Waals surface area (Å²) >= 11 is 7.05. The number of rotatable bonds is 4. The summed E-state index contributed by atoms with van der Waals surface area (Å²) in [5.74, 6) is 0.990. The molecule has 0 spiro atoms. The van der Waals surface area contributed by atoms with Crippen LogP contribution in [0.3, 0.4) is 0 Å². The van der Waals surface area contributed by atoms with E-state index in [2.05, 4.69) is 39.2 Å². The molecule has 0 radical (unpaired) electrons. The minimum absolute atomic E-state index is 0.480. The van der Waals surface area contributed by atoms with Crippen molar-refractivity contribution in [2.75, 3.05) is 0 Å². The van der Waals surface area contributed by atoms with Crippen LogP contribution in [0.1, 0.15) is 26.2 Å². The molecule has 90 valence electrons. The zero-order valence-electron chi connectivity index (χ0n) is 9.77. The van der Waals surface area contributed by atoms with Crippen molar-refractivity contribution in [3.8, 4) is 10.7 Å². The van der Waals surface area contributed by atoms with E-state index >= 15 is 0 Å². The second-order valence-corrected chi connectivity index (χ2v) is 6.10. The topological polar surface area (TPSA) is 33.6 Å². The van der Waals surface area contributed by atoms with E-state index in [1.54, 1.807) is 11.3 Å². The van der Waals surface area contributed by atoms with E-state index in [-0.39, 0.29) is 0 Å². The molecular weight excluding hydrogens is 250 g/mol. The van der Waals surface area contributed by atoms with Crippen LogP contribution in [-0.4, -0.2) is 14.8 Å². The van der Waals surface area contributed by atoms with Crippen molar-refractivity contribution in [3.63, 3.8) is 0 Å². The smallest absolute Gasteiger partial charge is 0.195 e. The van der Waals surface area contributed by atoms with Gasteiger partial charge in [-0.1, -0.05) is 13.0 Å². The number of nitrogens with one attached hydrogen (secondary N) is 1. The zero-order valence-corrected chi connectivity index (χ0v) is 11.4. The number of nitrogens with zero attached hydrogens (tertiary/aromatic N) is 2. The van der Waals surface area contributed by atoms with Crippen LogP contribution in [0.15, 0.2) is 17.5 Å². The van der Waals surface area contributed by atoms with E-state index in [0.29, 0.717) is 5.41 Å². The van der Waals surface area contributed by atoms with E-state index in [9.17, 15) is 0 Å². The predicted molar refractivity (Wildman–Crippen MR) is 72.7 cm³/mol. The van der Waals surface area contributed by atoms with E-state index in [1.165, 1.54) is 24.1 Å². The van der Waals surface area contributed by atoms with Gasteiger partial charge in [0.25, 0.3) is 0 Å². The van der Waals surface area contributed by atoms with Crippen molar-refractivity contribution in [3.05, 3.63) is 22.3 Å². The Balaban J connectivity index is 1.99. The molecule has 0 aromatic carbocycles. The fourth-order valence-electron chi connectivity index (χ4n) is 2.19. The first-order chi connectivity index (χ1) is 8.24. The first kappa shape index (κ1) is 11.2. The lowest BCUT2D eigenvalue weighted by molar-refractivity contribution is 0.408. The summed E-state index contributed by atoms with van der Waals surface area (Å²) in [5.41, 5.74) is 0.480. The number of aromatic nitrogens is 3. The summed E-state index contributed by atoms with van der Waals surface area (Å²) in [7, 11) is 0. The van der Waals surface area contributed by atoms with E-state index in [1.807, 2.05) is 0 Å². The maximum absolute atomic E-state index is 5.34. The SMILES string of the molecule is CCC1(Cn2c(-c3cccs3)n[nH]c2=S)CC1. The average molecular weight is 265 g/mol. The van der Waals surface area contributed by atoms with Gasteiger partial charge in [0.2, 0.25) is 0 Å². The molecule has 2 aromatic rings. The summed E-state index contributed by atoms with van der Waals surface area (Å²) in [6.45, 7) is 3.27. The van der Waals surface area contributed by atoms with Crippen LogP contribution in [-0.2, 0) is 6.54 Å². The van der Waals surface area contributed by atoms with E-state index in [4.69, 9.17) is 12.2 Å². The van der Waals surface area contributed by atoms with Crippen molar-refractivity contribution < 1.29 is 0 Å². The maximum Gasteiger partial charge on any atom is 0.195 e. The highest BCUT2D eigenvalue weighted by Crippen LogP contribution is 2.50. The Morgan fingerprint density at radius 2 is 2.41 bits per heavy atom. The molecule has 3 rings (SSSR count). The van der Waals surface area contributed by atoms with Gasteiger partial charge in [0.1, 0.15) is 0 Å². The molecule has 0 unspecified atom stereocenters. The second kappa shape index (κ2) is 4.07. The first-order valence-electron chi connectivity index (χ1n) is 5.93. The van der Waals surface area contributed by atoms with Gasteiger partial charge < -0.3 is 0 Å². The molecule has 1 N–H and O–H groups in total. The minimum Gasteiger partial charge on any atom is -0.299 e. The molecule has 1 aliphatic rings. The molecule has 0 saturated heterocycles. The Hall–Kier alpha value is -0.940. The Kier molecular flexibility index (Phi) is 2.67. The third-order valence-corrected chi connectivity index (χ3v) is 4.88. The minimum atomic E-state index is 0.480. The van der Waals surface area contributed by atoms with Crippen LogP contribution < -0.4 is 0 Å². The molecule has 0 amide bonds. The number of H-pyrrole nitrogens is 1. The molecule has 1 fully saturated rings. The molecule has 0 aliphatic heterocycles. The van der Waals surface area contributed by atoms with Crippen molar-refractivity contribution in [2.45, 2.75) is 32.7 Å². The average Bonchev–Trinajstić information content (AvgIpc) is 2.73. The first-order valence-corrected chi connectivity index (χ1v) is 7.22. The fraction of sp³-hybridized carbons (Fsp3) is 0.500. The molecule has 1 saturated carbocycles. The summed E-state index contributed by atoms with van der Waals surface area (Å²) in [6.07, 6.45) is 3.87. The van der Waals surface area contributed by atoms with Crippen LogP contribution in [0.5, 0.6) is 0 Å². The van der Waals surface area contributed by atoms with Crippen molar-refractivity contribution in [1.29, 1.82) is 0 Å². The number of hydrogen-bond acceptors (Lipinski definition) is 3. The van der Waals surface area contributed by atoms with Gasteiger partial charge in [-0.2, -0.15) is 5.10 Å². The molecule has 0 bridgehead atoms. The summed E-state index contributed by atoms with van der Waals surface area (Å²) in [4.78, 5) is 1.18. The third kappa shape index (κ3) is 1.98. The molecule has 17 heavy (non-hydrogen) atoms. The Morgan fingerprint density at radius 3 is 3.00 bits per heavy atom. The summed E-state index contributed by atoms with van der Waals surface area (Å²) in [5, 5.41) is 9.36. The second-order valence-electron chi connectivity index (χ2n) is 4.77. The Labute approximate surface area is 109 Å². The quantitative estimate of drug-likeness (QED) is 0.852. The highest BCUT2D eigenvalue weighted by Gasteiger charge is 2.41. The van der Waals surface area contributed by atoms with Gasteiger partial charge in [0.05, 0.1) is 4.88 Å². The molecule has 0 atom stereocenters. The van der Waals surface area contributed by atoms with Crippen LogP contribution in [0.4, 0.5) is 0 Å². The number of hydrogen-bond donors (Lipinski definition) is 1. The maximum atomic E-state index is 5.34. The monoisotopic (exact) mass is 265 g/mol. The lowest BCUT2D eigenvalue weighted by Crippen LogP contribution is -2.11. The molecule has 1 aliphatic carbocycles. The number of aromatic amines is 1. The molecule has 3 nitrogen and oxygen atoms in total. The Bertz CT molecular complexity index is 561. The lowest BCUT2D eigenvalue weighted by atomic mass is 10.0. The van der Waals surface area contributed by atoms with Crippen LogP contribution in [0, 0.1) is 10.2 Å². The van der Waals surface area contributed by atoms with Gasteiger partial charge in [-0.25, -0.2) is 0 Å². The van der Waals surface area contributed by atoms with E-state index < -0.39 is 0 Å². The Morgan fingerprint density at radius 1 is 1.59 bits per heavy atom. The largest absolute Gasteiger partial charge is 0.299 e. The molecular formula is C12H15N3S2. The normalized spacial score (nSPS) is 17.2. The van der Waals surface area contributed by atoms with Crippen molar-refractivity contribution in [2.24, 2.45) is 5.41 Å². The van der Waals surface area contributed by atoms with Gasteiger partial charge in [0.15, 0.2) is 10.6 Å². The molecule has 5 heteroatoms. The zero-order chi connectivity index (χ0) is 11.9. The molecule has 2 heterocycles. The molecule has 2 aromatic heterocycles. The van der Waals surface area contributed by atoms with Gasteiger partial charge >= 0.3 is 0 Å². The lowest BCUT2D eigenvalue weighted by Gasteiger charge is -2.14. The predicted octanol–water partition coefficient (Wildman–Crippen LogP) is 3.86. The van der Waals surface area contributed by atoms with Gasteiger partial charge in [-0.05, 0) is 48.3 Å². The van der Waals surface area contributed by atoms with E-state index in [0.717, 1.165) is 17.1 Å².